The monoisotopic (exact) mass is 325 g/mol. The van der Waals surface area contributed by atoms with E-state index in [9.17, 15) is 4.79 Å². The van der Waals surface area contributed by atoms with Gasteiger partial charge in [0, 0.05) is 16.8 Å². The molecule has 3 aromatic rings. The summed E-state index contributed by atoms with van der Waals surface area (Å²) in [6.07, 6.45) is 0.834. The first-order valence-electron chi connectivity index (χ1n) is 7.74. The molecular formula is C19H19NO2S. The molecule has 0 atom stereocenters. The Bertz CT molecular complexity index is 810. The number of thiophene rings is 1. The van der Waals surface area contributed by atoms with Crippen molar-refractivity contribution in [1.29, 1.82) is 0 Å². The van der Waals surface area contributed by atoms with E-state index >= 15 is 0 Å². The number of carbonyl (C=O) groups is 1. The Morgan fingerprint density at radius 3 is 2.91 bits per heavy atom. The van der Waals surface area contributed by atoms with E-state index in [1.807, 2.05) is 19.1 Å². The molecule has 0 unspecified atom stereocenters. The Morgan fingerprint density at radius 2 is 2.04 bits per heavy atom. The summed E-state index contributed by atoms with van der Waals surface area (Å²) in [4.78, 5) is 12.2. The zero-order valence-corrected chi connectivity index (χ0v) is 13.9. The van der Waals surface area contributed by atoms with E-state index in [4.69, 9.17) is 4.74 Å². The quantitative estimate of drug-likeness (QED) is 0.735. The summed E-state index contributed by atoms with van der Waals surface area (Å²) in [5, 5.41) is 6.44. The van der Waals surface area contributed by atoms with E-state index in [2.05, 4.69) is 35.0 Å². The maximum absolute atomic E-state index is 12.2. The number of hydrogen-bond acceptors (Lipinski definition) is 3. The second-order valence-corrected chi connectivity index (χ2v) is 6.14. The lowest BCUT2D eigenvalue weighted by Gasteiger charge is -2.07. The predicted molar refractivity (Wildman–Crippen MR) is 95.5 cm³/mol. The number of rotatable bonds is 6. The Hall–Kier alpha value is -2.33. The van der Waals surface area contributed by atoms with Gasteiger partial charge in [0.05, 0.1) is 6.61 Å². The van der Waals surface area contributed by atoms with E-state index in [0.29, 0.717) is 18.7 Å². The molecule has 23 heavy (non-hydrogen) atoms. The van der Waals surface area contributed by atoms with Crippen molar-refractivity contribution in [2.75, 3.05) is 13.2 Å². The third-order valence-corrected chi connectivity index (χ3v) is 4.66. The average molecular weight is 325 g/mol. The summed E-state index contributed by atoms with van der Waals surface area (Å²) in [5.41, 5.74) is 1.92. The Labute approximate surface area is 139 Å². The highest BCUT2D eigenvalue weighted by Crippen LogP contribution is 2.25. The van der Waals surface area contributed by atoms with Crippen LogP contribution in [0.2, 0.25) is 0 Å². The first kappa shape index (κ1) is 15.6. The fraction of sp³-hybridized carbons (Fsp3) is 0.211. The molecule has 3 nitrogen and oxygen atoms in total. The smallest absolute Gasteiger partial charge is 0.251 e. The van der Waals surface area contributed by atoms with Crippen molar-refractivity contribution < 1.29 is 9.53 Å². The van der Waals surface area contributed by atoms with Crippen LogP contribution < -0.4 is 10.1 Å². The van der Waals surface area contributed by atoms with E-state index < -0.39 is 0 Å². The van der Waals surface area contributed by atoms with Crippen LogP contribution in [-0.4, -0.2) is 19.1 Å². The molecule has 2 aromatic carbocycles. The number of benzene rings is 2. The molecule has 0 bridgehead atoms. The van der Waals surface area contributed by atoms with Gasteiger partial charge in [0.25, 0.3) is 5.91 Å². The van der Waals surface area contributed by atoms with Gasteiger partial charge in [-0.2, -0.15) is 0 Å². The summed E-state index contributed by atoms with van der Waals surface area (Å²) >= 11 is 1.75. The van der Waals surface area contributed by atoms with Gasteiger partial charge in [-0.05, 0) is 53.9 Å². The molecule has 0 spiro atoms. The molecule has 0 fully saturated rings. The zero-order chi connectivity index (χ0) is 16.1. The molecular weight excluding hydrogens is 306 g/mol. The van der Waals surface area contributed by atoms with Gasteiger partial charge in [-0.3, -0.25) is 4.79 Å². The maximum atomic E-state index is 12.2. The molecule has 118 valence electrons. The molecule has 1 aromatic heterocycles. The second-order valence-electron chi connectivity index (χ2n) is 5.22. The molecule has 0 aliphatic carbocycles. The molecule has 1 heterocycles. The molecule has 0 aliphatic heterocycles. The van der Waals surface area contributed by atoms with Crippen LogP contribution in [0.4, 0.5) is 0 Å². The van der Waals surface area contributed by atoms with Crippen LogP contribution in [0.15, 0.2) is 53.9 Å². The third-order valence-electron chi connectivity index (χ3n) is 3.65. The van der Waals surface area contributed by atoms with Crippen molar-refractivity contribution in [2.24, 2.45) is 0 Å². The molecule has 0 aliphatic rings. The number of ether oxygens (including phenoxy) is 1. The van der Waals surface area contributed by atoms with E-state index in [1.165, 1.54) is 15.6 Å². The lowest BCUT2D eigenvalue weighted by molar-refractivity contribution is 0.0953. The van der Waals surface area contributed by atoms with Crippen molar-refractivity contribution in [3.63, 3.8) is 0 Å². The largest absolute Gasteiger partial charge is 0.494 e. The van der Waals surface area contributed by atoms with Gasteiger partial charge >= 0.3 is 0 Å². The summed E-state index contributed by atoms with van der Waals surface area (Å²) in [7, 11) is 0. The van der Waals surface area contributed by atoms with Gasteiger partial charge in [-0.25, -0.2) is 0 Å². The first-order chi connectivity index (χ1) is 11.3. The number of amides is 1. The standard InChI is InChI=1S/C19H19NO2S/c1-2-22-16-7-5-6-14(12-16)19(21)20-11-10-15-13-23-18-9-4-3-8-17(15)18/h3-9,12-13H,2,10-11H2,1H3,(H,20,21). The van der Waals surface area contributed by atoms with Crippen molar-refractivity contribution >= 4 is 27.3 Å². The van der Waals surface area contributed by atoms with Crippen LogP contribution in [0.25, 0.3) is 10.1 Å². The second kappa shape index (κ2) is 7.29. The highest BCUT2D eigenvalue weighted by molar-refractivity contribution is 7.17. The number of carbonyl (C=O) groups excluding carboxylic acids is 1. The minimum atomic E-state index is -0.0638. The predicted octanol–water partition coefficient (Wildman–Crippen LogP) is 4.27. The van der Waals surface area contributed by atoms with Crippen molar-refractivity contribution in [3.05, 3.63) is 65.0 Å². The fourth-order valence-corrected chi connectivity index (χ4v) is 3.53. The normalized spacial score (nSPS) is 10.7. The number of nitrogens with one attached hydrogen (secondary N) is 1. The first-order valence-corrected chi connectivity index (χ1v) is 8.62. The van der Waals surface area contributed by atoms with Gasteiger partial charge in [-0.1, -0.05) is 24.3 Å². The van der Waals surface area contributed by atoms with Crippen LogP contribution in [0, 0.1) is 0 Å². The van der Waals surface area contributed by atoms with Crippen LogP contribution in [0.1, 0.15) is 22.8 Å². The molecule has 1 amide bonds. The van der Waals surface area contributed by atoms with Gasteiger partial charge in [0.2, 0.25) is 0 Å². The van der Waals surface area contributed by atoms with Crippen LogP contribution in [-0.2, 0) is 6.42 Å². The molecule has 0 saturated carbocycles. The Morgan fingerprint density at radius 1 is 1.17 bits per heavy atom. The molecule has 0 radical (unpaired) electrons. The minimum absolute atomic E-state index is 0.0638. The van der Waals surface area contributed by atoms with Gasteiger partial charge in [0.15, 0.2) is 0 Å². The van der Waals surface area contributed by atoms with Gasteiger partial charge in [0.1, 0.15) is 5.75 Å². The molecule has 1 N–H and O–H groups in total. The highest BCUT2D eigenvalue weighted by Gasteiger charge is 2.08. The van der Waals surface area contributed by atoms with E-state index in [-0.39, 0.29) is 5.91 Å². The fourth-order valence-electron chi connectivity index (χ4n) is 2.53. The Balaban J connectivity index is 1.60. The van der Waals surface area contributed by atoms with Crippen molar-refractivity contribution in [1.82, 2.24) is 5.32 Å². The minimum Gasteiger partial charge on any atom is -0.494 e. The van der Waals surface area contributed by atoms with Crippen molar-refractivity contribution in [3.8, 4) is 5.75 Å². The SMILES string of the molecule is CCOc1cccc(C(=O)NCCc2csc3ccccc23)c1. The number of fused-ring (bicyclic) bond motifs is 1. The van der Waals surface area contributed by atoms with Gasteiger partial charge in [-0.15, -0.1) is 11.3 Å². The molecule has 4 heteroatoms. The summed E-state index contributed by atoms with van der Waals surface area (Å²) in [6, 6.07) is 15.6. The Kier molecular flexibility index (Phi) is 4.93. The lowest BCUT2D eigenvalue weighted by Crippen LogP contribution is -2.25. The van der Waals surface area contributed by atoms with Crippen LogP contribution in [0.5, 0.6) is 5.75 Å². The zero-order valence-electron chi connectivity index (χ0n) is 13.0. The van der Waals surface area contributed by atoms with Crippen molar-refractivity contribution in [2.45, 2.75) is 13.3 Å². The molecule has 3 rings (SSSR count). The summed E-state index contributed by atoms with van der Waals surface area (Å²) < 4.78 is 6.72. The topological polar surface area (TPSA) is 38.3 Å². The summed E-state index contributed by atoms with van der Waals surface area (Å²) in [6.45, 7) is 3.15. The maximum Gasteiger partial charge on any atom is 0.251 e. The number of hydrogen-bond donors (Lipinski definition) is 1. The van der Waals surface area contributed by atoms with Crippen LogP contribution in [0.3, 0.4) is 0 Å². The van der Waals surface area contributed by atoms with Gasteiger partial charge < -0.3 is 10.1 Å². The lowest BCUT2D eigenvalue weighted by atomic mass is 10.1. The summed E-state index contributed by atoms with van der Waals surface area (Å²) in [5.74, 6) is 0.662. The van der Waals surface area contributed by atoms with Crippen LogP contribution >= 0.6 is 11.3 Å². The molecule has 0 saturated heterocycles. The highest BCUT2D eigenvalue weighted by atomic mass is 32.1. The van der Waals surface area contributed by atoms with E-state index in [1.54, 1.807) is 23.5 Å². The average Bonchev–Trinajstić information content (AvgIpc) is 2.99. The third kappa shape index (κ3) is 3.71. The van der Waals surface area contributed by atoms with E-state index in [0.717, 1.165) is 12.2 Å².